The Morgan fingerprint density at radius 2 is 1.83 bits per heavy atom. The highest BCUT2D eigenvalue weighted by molar-refractivity contribution is 6.67. The minimum absolute atomic E-state index is 0.243. The van der Waals surface area contributed by atoms with Crippen molar-refractivity contribution in [2.24, 2.45) is 22.7 Å². The van der Waals surface area contributed by atoms with E-state index in [0.717, 1.165) is 25.7 Å². The van der Waals surface area contributed by atoms with Gasteiger partial charge < -0.3 is 9.47 Å². The molecule has 2 fully saturated rings. The van der Waals surface area contributed by atoms with Gasteiger partial charge in [-0.05, 0) is 62.7 Å². The molecule has 3 aliphatic rings. The topological polar surface area (TPSA) is 35.5 Å². The van der Waals surface area contributed by atoms with E-state index in [0.29, 0.717) is 11.8 Å². The first-order valence-electron chi connectivity index (χ1n) is 10.9. The fourth-order valence-corrected chi connectivity index (χ4v) is 6.68. The van der Waals surface area contributed by atoms with E-state index in [2.05, 4.69) is 34.6 Å². The highest BCUT2D eigenvalue weighted by Crippen LogP contribution is 2.61. The van der Waals surface area contributed by atoms with Crippen LogP contribution in [0.4, 0.5) is 4.79 Å². The zero-order chi connectivity index (χ0) is 21.7. The van der Waals surface area contributed by atoms with Crippen molar-refractivity contribution >= 4 is 41.0 Å². The maximum Gasteiger partial charge on any atom is 0.509 e. The molecule has 3 nitrogen and oxygen atoms in total. The Morgan fingerprint density at radius 3 is 2.48 bits per heavy atom. The monoisotopic (exact) mass is 464 g/mol. The van der Waals surface area contributed by atoms with Gasteiger partial charge in [0.2, 0.25) is 3.79 Å². The molecule has 0 amide bonds. The number of carbonyl (C=O) groups excluding carboxylic acids is 1. The van der Waals surface area contributed by atoms with E-state index < -0.39 is 15.5 Å². The van der Waals surface area contributed by atoms with Crippen LogP contribution in [-0.2, 0) is 9.47 Å². The maximum atomic E-state index is 12.7. The van der Waals surface area contributed by atoms with Crippen molar-refractivity contribution in [3.05, 3.63) is 11.1 Å². The lowest BCUT2D eigenvalue weighted by Crippen LogP contribution is -2.56. The summed E-state index contributed by atoms with van der Waals surface area (Å²) in [4.78, 5) is 12.7. The van der Waals surface area contributed by atoms with Crippen molar-refractivity contribution in [1.82, 2.24) is 0 Å². The van der Waals surface area contributed by atoms with E-state index in [-0.39, 0.29) is 17.4 Å². The van der Waals surface area contributed by atoms with Crippen LogP contribution in [0.1, 0.15) is 86.0 Å². The van der Waals surface area contributed by atoms with E-state index >= 15 is 0 Å². The number of fused-ring (bicyclic) bond motifs is 3. The van der Waals surface area contributed by atoms with Crippen molar-refractivity contribution in [1.29, 1.82) is 0 Å². The second-order valence-corrected chi connectivity index (χ2v) is 13.0. The third-order valence-corrected chi connectivity index (χ3v) is 8.76. The average Bonchev–Trinajstić information content (AvgIpc) is 2.59. The van der Waals surface area contributed by atoms with E-state index in [9.17, 15) is 4.79 Å². The Labute approximate surface area is 190 Å². The molecule has 0 aromatic heterocycles. The smallest absolute Gasteiger partial charge is 0.430 e. The van der Waals surface area contributed by atoms with Gasteiger partial charge in [-0.25, -0.2) is 4.79 Å². The number of alkyl halides is 3. The van der Waals surface area contributed by atoms with Gasteiger partial charge in [0.1, 0.15) is 12.2 Å². The molecule has 0 heterocycles. The molecule has 0 aliphatic heterocycles. The minimum atomic E-state index is -1.64. The van der Waals surface area contributed by atoms with Crippen molar-refractivity contribution in [2.75, 3.05) is 6.61 Å². The fourth-order valence-electron chi connectivity index (χ4n) is 6.52. The van der Waals surface area contributed by atoms with Gasteiger partial charge in [0.15, 0.2) is 0 Å². The number of carbonyl (C=O) groups is 1. The zero-order valence-corrected chi connectivity index (χ0v) is 20.6. The molecule has 4 atom stereocenters. The molecular weight excluding hydrogens is 431 g/mol. The molecule has 2 saturated carbocycles. The van der Waals surface area contributed by atoms with Gasteiger partial charge in [0, 0.05) is 5.41 Å². The lowest BCUT2D eigenvalue weighted by atomic mass is 9.50. The number of rotatable bonds is 2. The lowest BCUT2D eigenvalue weighted by molar-refractivity contribution is -0.137. The van der Waals surface area contributed by atoms with E-state index in [1.54, 1.807) is 0 Å². The summed E-state index contributed by atoms with van der Waals surface area (Å²) in [5.74, 6) is 1.15. The van der Waals surface area contributed by atoms with E-state index in [1.807, 2.05) is 0 Å². The Bertz CT molecular complexity index is 681. The third kappa shape index (κ3) is 4.58. The van der Waals surface area contributed by atoms with Crippen LogP contribution in [0.15, 0.2) is 11.1 Å². The molecule has 29 heavy (non-hydrogen) atoms. The van der Waals surface area contributed by atoms with Gasteiger partial charge in [-0.2, -0.15) is 0 Å². The second kappa shape index (κ2) is 8.10. The summed E-state index contributed by atoms with van der Waals surface area (Å²) in [5.41, 5.74) is 2.36. The number of hydrogen-bond donors (Lipinski definition) is 0. The Balaban J connectivity index is 1.97. The number of allylic oxidation sites excluding steroid dienone is 1. The summed E-state index contributed by atoms with van der Waals surface area (Å²) in [6, 6.07) is 0. The largest absolute Gasteiger partial charge is 0.509 e. The van der Waals surface area contributed by atoms with Crippen molar-refractivity contribution < 1.29 is 14.3 Å². The molecule has 166 valence electrons. The zero-order valence-electron chi connectivity index (χ0n) is 18.4. The first-order valence-corrected chi connectivity index (χ1v) is 12.0. The molecule has 0 radical (unpaired) electrons. The maximum absolute atomic E-state index is 12.7. The quantitative estimate of drug-likeness (QED) is 0.235. The molecule has 0 saturated heterocycles. The van der Waals surface area contributed by atoms with Gasteiger partial charge in [-0.15, -0.1) is 0 Å². The summed E-state index contributed by atoms with van der Waals surface area (Å²) in [6.45, 7) is 11.2. The van der Waals surface area contributed by atoms with Crippen LogP contribution in [0.5, 0.6) is 0 Å². The predicted molar refractivity (Wildman–Crippen MR) is 120 cm³/mol. The molecule has 0 N–H and O–H groups in total. The van der Waals surface area contributed by atoms with E-state index in [1.165, 1.54) is 36.8 Å². The van der Waals surface area contributed by atoms with Crippen LogP contribution in [-0.4, -0.2) is 22.2 Å². The van der Waals surface area contributed by atoms with Gasteiger partial charge >= 0.3 is 6.16 Å². The fraction of sp³-hybridized carbons (Fsp3) is 0.870. The van der Waals surface area contributed by atoms with Crippen LogP contribution in [0.25, 0.3) is 0 Å². The van der Waals surface area contributed by atoms with Gasteiger partial charge in [0.05, 0.1) is 0 Å². The lowest BCUT2D eigenvalue weighted by Gasteiger charge is -2.58. The van der Waals surface area contributed by atoms with Gasteiger partial charge in [0.25, 0.3) is 0 Å². The summed E-state index contributed by atoms with van der Waals surface area (Å²) in [5, 5.41) is 0. The number of halogens is 3. The molecule has 0 aromatic carbocycles. The molecule has 3 rings (SSSR count). The Hall–Kier alpha value is -0.120. The minimum Gasteiger partial charge on any atom is -0.430 e. The van der Waals surface area contributed by atoms with Crippen molar-refractivity contribution in [2.45, 2.75) is 95.4 Å². The van der Waals surface area contributed by atoms with Crippen LogP contribution in [0.2, 0.25) is 0 Å². The predicted octanol–water partition coefficient (Wildman–Crippen LogP) is 8.01. The van der Waals surface area contributed by atoms with E-state index in [4.69, 9.17) is 44.3 Å². The molecule has 3 aliphatic carbocycles. The number of ether oxygens (including phenoxy) is 2. The second-order valence-electron chi connectivity index (χ2n) is 10.5. The van der Waals surface area contributed by atoms with Crippen molar-refractivity contribution in [3.8, 4) is 0 Å². The highest BCUT2D eigenvalue weighted by Gasteiger charge is 2.58. The SMILES string of the molecule is CC1=C2CC[C@]3(C)CCC[C@@H](C)[C@H]3C[C@](OC(=O)OCC(Cl)(Cl)Cl)(CC1)C2(C)C. The number of hydrogen-bond acceptors (Lipinski definition) is 3. The summed E-state index contributed by atoms with van der Waals surface area (Å²) >= 11 is 17.3. The highest BCUT2D eigenvalue weighted by atomic mass is 35.6. The van der Waals surface area contributed by atoms with Crippen LogP contribution in [0, 0.1) is 22.7 Å². The summed E-state index contributed by atoms with van der Waals surface area (Å²) < 4.78 is 9.78. The van der Waals surface area contributed by atoms with Crippen LogP contribution >= 0.6 is 34.8 Å². The van der Waals surface area contributed by atoms with Gasteiger partial charge in [-0.3, -0.25) is 0 Å². The average molecular weight is 466 g/mol. The first kappa shape index (κ1) is 23.5. The summed E-state index contributed by atoms with van der Waals surface area (Å²) in [7, 11) is 0. The van der Waals surface area contributed by atoms with Crippen LogP contribution < -0.4 is 0 Å². The molecule has 0 unspecified atom stereocenters. The Kier molecular flexibility index (Phi) is 6.57. The van der Waals surface area contributed by atoms with Crippen molar-refractivity contribution in [3.63, 3.8) is 0 Å². The molecule has 2 bridgehead atoms. The molecule has 6 heteroatoms. The standard InChI is InChI=1S/C23H35Cl3O3/c1-15-7-6-10-21(5)11-9-17-16(2)8-12-22(13-18(15)21,20(17,3)4)29-19(27)28-14-23(24,25)26/h15,18H,6-14H2,1-5H3/t15-,18-,21+,22-/m1/s1. The Morgan fingerprint density at radius 1 is 1.14 bits per heavy atom. The first-order chi connectivity index (χ1) is 13.3. The van der Waals surface area contributed by atoms with Gasteiger partial charge in [-0.1, -0.05) is 86.5 Å². The molecule has 0 spiro atoms. The molecular formula is C23H35Cl3O3. The normalized spacial score (nSPS) is 37.2. The van der Waals surface area contributed by atoms with Crippen LogP contribution in [0.3, 0.4) is 0 Å². The molecule has 0 aromatic rings. The third-order valence-electron chi connectivity index (χ3n) is 8.43. The summed E-state index contributed by atoms with van der Waals surface area (Å²) in [6.07, 6.45) is 7.99.